The largest absolute Gasteiger partial charge is 0.491 e. The maximum atomic E-state index is 11.7. The van der Waals surface area contributed by atoms with Gasteiger partial charge in [-0.3, -0.25) is 5.32 Å². The minimum atomic E-state index is -0.545. The van der Waals surface area contributed by atoms with Gasteiger partial charge < -0.3 is 14.8 Å². The number of carbonyl (C=O) groups excluding carboxylic acids is 1. The Kier molecular flexibility index (Phi) is 5.85. The molecule has 0 radical (unpaired) electrons. The summed E-state index contributed by atoms with van der Waals surface area (Å²) in [5, 5.41) is 5.84. The lowest BCUT2D eigenvalue weighted by atomic mass is 10.2. The summed E-state index contributed by atoms with van der Waals surface area (Å²) in [6.07, 6.45) is 1.26. The number of ether oxygens (including phenoxy) is 2. The fourth-order valence-electron chi connectivity index (χ4n) is 2.01. The van der Waals surface area contributed by atoms with Crippen molar-refractivity contribution in [2.24, 2.45) is 0 Å². The van der Waals surface area contributed by atoms with Crippen LogP contribution in [0.5, 0.6) is 5.75 Å². The second-order valence-corrected chi connectivity index (χ2v) is 6.87. The van der Waals surface area contributed by atoms with Crippen LogP contribution in [0.2, 0.25) is 0 Å². The molecule has 2 rings (SSSR count). The van der Waals surface area contributed by atoms with Gasteiger partial charge in [-0.1, -0.05) is 0 Å². The predicted molar refractivity (Wildman–Crippen MR) is 99.6 cm³/mol. The van der Waals surface area contributed by atoms with Crippen LogP contribution in [-0.2, 0) is 4.74 Å². The van der Waals surface area contributed by atoms with Crippen LogP contribution in [0.4, 0.5) is 22.0 Å². The molecule has 6 nitrogen and oxygen atoms in total. The summed E-state index contributed by atoms with van der Waals surface area (Å²) < 4.78 is 10.8. The highest BCUT2D eigenvalue weighted by Crippen LogP contribution is 2.21. The van der Waals surface area contributed by atoms with E-state index in [-0.39, 0.29) is 6.10 Å². The van der Waals surface area contributed by atoms with Crippen LogP contribution in [0.1, 0.15) is 34.6 Å². The van der Waals surface area contributed by atoms with Crippen molar-refractivity contribution in [1.29, 1.82) is 0 Å². The van der Waals surface area contributed by atoms with Crippen LogP contribution in [-0.4, -0.2) is 22.8 Å². The van der Waals surface area contributed by atoms with Crippen molar-refractivity contribution in [3.05, 3.63) is 42.6 Å². The standard InChI is InChI=1S/C19H25N3O3/c1-13(2)24-16-9-6-14(7-10-16)21-15-8-11-17(20-12-15)22-18(23)25-19(3,4)5/h6-13,21H,1-5H3,(H,20,22,23). The minimum Gasteiger partial charge on any atom is -0.491 e. The zero-order valence-corrected chi connectivity index (χ0v) is 15.3. The van der Waals surface area contributed by atoms with Crippen molar-refractivity contribution < 1.29 is 14.3 Å². The molecule has 0 atom stereocenters. The van der Waals surface area contributed by atoms with Crippen molar-refractivity contribution in [2.75, 3.05) is 10.6 Å². The monoisotopic (exact) mass is 343 g/mol. The maximum absolute atomic E-state index is 11.7. The first-order valence-electron chi connectivity index (χ1n) is 8.21. The third-order valence-electron chi connectivity index (χ3n) is 2.91. The first-order valence-corrected chi connectivity index (χ1v) is 8.21. The number of carbonyl (C=O) groups is 1. The molecular weight excluding hydrogens is 318 g/mol. The molecule has 0 aliphatic carbocycles. The lowest BCUT2D eigenvalue weighted by Crippen LogP contribution is -2.27. The second kappa shape index (κ2) is 7.88. The number of pyridine rings is 1. The Morgan fingerprint density at radius 2 is 1.68 bits per heavy atom. The number of amides is 1. The van der Waals surface area contributed by atoms with Gasteiger partial charge in [0.15, 0.2) is 0 Å². The zero-order chi connectivity index (χ0) is 18.4. The topological polar surface area (TPSA) is 72.5 Å². The molecule has 25 heavy (non-hydrogen) atoms. The van der Waals surface area contributed by atoms with Gasteiger partial charge in [0, 0.05) is 5.69 Å². The van der Waals surface area contributed by atoms with Gasteiger partial charge in [-0.05, 0) is 71.0 Å². The van der Waals surface area contributed by atoms with Gasteiger partial charge >= 0.3 is 6.09 Å². The summed E-state index contributed by atoms with van der Waals surface area (Å²) in [4.78, 5) is 15.9. The molecule has 2 aromatic rings. The summed E-state index contributed by atoms with van der Waals surface area (Å²) in [6, 6.07) is 11.2. The molecule has 1 aromatic heterocycles. The van der Waals surface area contributed by atoms with E-state index in [0.717, 1.165) is 17.1 Å². The molecule has 134 valence electrons. The average Bonchev–Trinajstić information content (AvgIpc) is 2.49. The highest BCUT2D eigenvalue weighted by atomic mass is 16.6. The quantitative estimate of drug-likeness (QED) is 0.803. The Labute approximate surface area is 148 Å². The fourth-order valence-corrected chi connectivity index (χ4v) is 2.01. The highest BCUT2D eigenvalue weighted by molar-refractivity contribution is 5.83. The van der Waals surface area contributed by atoms with Gasteiger partial charge in [-0.15, -0.1) is 0 Å². The molecule has 0 saturated carbocycles. The third-order valence-corrected chi connectivity index (χ3v) is 2.91. The van der Waals surface area contributed by atoms with Crippen molar-refractivity contribution in [2.45, 2.75) is 46.3 Å². The van der Waals surface area contributed by atoms with E-state index in [1.807, 2.05) is 65.0 Å². The van der Waals surface area contributed by atoms with E-state index in [1.54, 1.807) is 12.3 Å². The lowest BCUT2D eigenvalue weighted by Gasteiger charge is -2.19. The molecule has 0 saturated heterocycles. The first-order chi connectivity index (χ1) is 11.7. The number of nitrogens with zero attached hydrogens (tertiary/aromatic N) is 1. The third kappa shape index (κ3) is 6.71. The van der Waals surface area contributed by atoms with E-state index >= 15 is 0 Å². The number of hydrogen-bond acceptors (Lipinski definition) is 5. The number of rotatable bonds is 5. The van der Waals surface area contributed by atoms with Gasteiger partial charge in [0.2, 0.25) is 0 Å². The van der Waals surface area contributed by atoms with Gasteiger partial charge in [0.05, 0.1) is 18.0 Å². The summed E-state index contributed by atoms with van der Waals surface area (Å²) in [5.74, 6) is 1.26. The molecule has 0 aliphatic rings. The Morgan fingerprint density at radius 3 is 2.20 bits per heavy atom. The molecule has 1 heterocycles. The normalized spacial score (nSPS) is 11.1. The van der Waals surface area contributed by atoms with Gasteiger partial charge in [-0.2, -0.15) is 0 Å². The van der Waals surface area contributed by atoms with Crippen molar-refractivity contribution >= 4 is 23.3 Å². The van der Waals surface area contributed by atoms with E-state index < -0.39 is 11.7 Å². The lowest BCUT2D eigenvalue weighted by molar-refractivity contribution is 0.0635. The van der Waals surface area contributed by atoms with Gasteiger partial charge in [0.1, 0.15) is 17.2 Å². The van der Waals surface area contributed by atoms with Crippen LogP contribution in [0.3, 0.4) is 0 Å². The van der Waals surface area contributed by atoms with E-state index in [4.69, 9.17) is 9.47 Å². The molecule has 6 heteroatoms. The average molecular weight is 343 g/mol. The molecule has 1 aromatic carbocycles. The number of benzene rings is 1. The molecule has 2 N–H and O–H groups in total. The van der Waals surface area contributed by atoms with Crippen LogP contribution in [0.15, 0.2) is 42.6 Å². The van der Waals surface area contributed by atoms with E-state index in [9.17, 15) is 4.79 Å². The van der Waals surface area contributed by atoms with E-state index in [2.05, 4.69) is 15.6 Å². The predicted octanol–water partition coefficient (Wildman–Crippen LogP) is 4.96. The van der Waals surface area contributed by atoms with Crippen molar-refractivity contribution in [1.82, 2.24) is 4.98 Å². The fraction of sp³-hybridized carbons (Fsp3) is 0.368. The van der Waals surface area contributed by atoms with E-state index in [1.165, 1.54) is 0 Å². The maximum Gasteiger partial charge on any atom is 0.413 e. The Hall–Kier alpha value is -2.76. The van der Waals surface area contributed by atoms with Crippen LogP contribution < -0.4 is 15.4 Å². The van der Waals surface area contributed by atoms with Gasteiger partial charge in [0.25, 0.3) is 0 Å². The van der Waals surface area contributed by atoms with Crippen molar-refractivity contribution in [3.63, 3.8) is 0 Å². The number of hydrogen-bond donors (Lipinski definition) is 2. The smallest absolute Gasteiger partial charge is 0.413 e. The Bertz CT molecular complexity index is 689. The molecule has 1 amide bonds. The van der Waals surface area contributed by atoms with E-state index in [0.29, 0.717) is 5.82 Å². The number of nitrogens with one attached hydrogen (secondary N) is 2. The molecule has 0 spiro atoms. The zero-order valence-electron chi connectivity index (χ0n) is 15.3. The molecule has 0 fully saturated rings. The molecular formula is C19H25N3O3. The first kappa shape index (κ1) is 18.6. The molecule has 0 aliphatic heterocycles. The highest BCUT2D eigenvalue weighted by Gasteiger charge is 2.16. The summed E-state index contributed by atoms with van der Waals surface area (Å²) >= 11 is 0. The van der Waals surface area contributed by atoms with Gasteiger partial charge in [-0.25, -0.2) is 9.78 Å². The Morgan fingerprint density at radius 1 is 1.04 bits per heavy atom. The summed E-state index contributed by atoms with van der Waals surface area (Å²) in [5.41, 5.74) is 1.19. The van der Waals surface area contributed by atoms with Crippen LogP contribution in [0.25, 0.3) is 0 Å². The van der Waals surface area contributed by atoms with Crippen LogP contribution >= 0.6 is 0 Å². The summed E-state index contributed by atoms with van der Waals surface area (Å²) in [6.45, 7) is 9.41. The minimum absolute atomic E-state index is 0.146. The molecule has 0 unspecified atom stereocenters. The van der Waals surface area contributed by atoms with Crippen LogP contribution in [0, 0.1) is 0 Å². The molecule has 0 bridgehead atoms. The van der Waals surface area contributed by atoms with Crippen molar-refractivity contribution in [3.8, 4) is 5.75 Å². The number of aromatic nitrogens is 1. The number of anilines is 3. The summed E-state index contributed by atoms with van der Waals surface area (Å²) in [7, 11) is 0. The SMILES string of the molecule is CC(C)Oc1ccc(Nc2ccc(NC(=O)OC(C)(C)C)nc2)cc1. The Balaban J connectivity index is 1.92. The second-order valence-electron chi connectivity index (χ2n) is 6.87.